The monoisotopic (exact) mass is 326 g/mol. The molecule has 3 N–H and O–H groups in total. The van der Waals surface area contributed by atoms with E-state index in [9.17, 15) is 4.79 Å². The van der Waals surface area contributed by atoms with Gasteiger partial charge in [-0.1, -0.05) is 35.3 Å². The molecule has 0 heterocycles. The zero-order chi connectivity index (χ0) is 14.4. The number of nitrogens with one attached hydrogen (secondary N) is 1. The van der Waals surface area contributed by atoms with Gasteiger partial charge in [-0.15, -0.1) is 0 Å². The predicted octanol–water partition coefficient (Wildman–Crippen LogP) is 3.85. The minimum absolute atomic E-state index is 0.0112. The second-order valence-electron chi connectivity index (χ2n) is 5.21. The summed E-state index contributed by atoms with van der Waals surface area (Å²) < 4.78 is 1.01. The number of nitrogens with two attached hydrogens (primary N) is 1. The van der Waals surface area contributed by atoms with Crippen molar-refractivity contribution < 1.29 is 4.79 Å². The summed E-state index contributed by atoms with van der Waals surface area (Å²) >= 11 is 3.47. The van der Waals surface area contributed by atoms with Crippen LogP contribution in [0.3, 0.4) is 0 Å². The highest BCUT2D eigenvalue weighted by Gasteiger charge is 2.14. The molecule has 0 bridgehead atoms. The van der Waals surface area contributed by atoms with Crippen LogP contribution in [0.1, 0.15) is 38.7 Å². The highest BCUT2D eigenvalue weighted by atomic mass is 79.9. The summed E-state index contributed by atoms with van der Waals surface area (Å²) in [7, 11) is 0. The Morgan fingerprint density at radius 2 is 2.05 bits per heavy atom. The van der Waals surface area contributed by atoms with Crippen LogP contribution in [0.25, 0.3) is 0 Å². The Morgan fingerprint density at radius 3 is 2.68 bits per heavy atom. The molecule has 1 rings (SSSR count). The number of anilines is 1. The van der Waals surface area contributed by atoms with Gasteiger partial charge in [-0.25, -0.2) is 0 Å². The summed E-state index contributed by atoms with van der Waals surface area (Å²) in [6, 6.07) is 6.03. The summed E-state index contributed by atoms with van der Waals surface area (Å²) in [6.45, 7) is 5.94. The molecule has 2 unspecified atom stereocenters. The molecule has 0 saturated carbocycles. The number of hydrogen-bond donors (Lipinski definition) is 2. The van der Waals surface area contributed by atoms with E-state index in [1.165, 1.54) is 0 Å². The first-order valence-electron chi connectivity index (χ1n) is 6.73. The second kappa shape index (κ2) is 7.65. The van der Waals surface area contributed by atoms with Crippen LogP contribution in [-0.2, 0) is 4.79 Å². The van der Waals surface area contributed by atoms with Crippen molar-refractivity contribution in [1.82, 2.24) is 0 Å². The van der Waals surface area contributed by atoms with E-state index in [4.69, 9.17) is 5.73 Å². The quantitative estimate of drug-likeness (QED) is 0.834. The van der Waals surface area contributed by atoms with Gasteiger partial charge in [0.25, 0.3) is 0 Å². The van der Waals surface area contributed by atoms with E-state index in [1.807, 2.05) is 39.0 Å². The fraction of sp³-hybridized carbons (Fsp3) is 0.533. The molecule has 1 aromatic carbocycles. The summed E-state index contributed by atoms with van der Waals surface area (Å²) in [4.78, 5) is 12.1. The van der Waals surface area contributed by atoms with Gasteiger partial charge in [0.15, 0.2) is 0 Å². The smallest absolute Gasteiger partial charge is 0.227 e. The molecule has 3 nitrogen and oxygen atoms in total. The molecule has 19 heavy (non-hydrogen) atoms. The molecular weight excluding hydrogens is 304 g/mol. The maximum absolute atomic E-state index is 12.1. The van der Waals surface area contributed by atoms with Crippen molar-refractivity contribution in [1.29, 1.82) is 0 Å². The van der Waals surface area contributed by atoms with Crippen molar-refractivity contribution in [3.63, 3.8) is 0 Å². The first kappa shape index (κ1) is 16.2. The Hall–Kier alpha value is -0.870. The van der Waals surface area contributed by atoms with Gasteiger partial charge in [-0.3, -0.25) is 4.79 Å². The molecule has 1 aromatic rings. The summed E-state index contributed by atoms with van der Waals surface area (Å²) in [5.41, 5.74) is 7.64. The van der Waals surface area contributed by atoms with Crippen LogP contribution in [0.2, 0.25) is 0 Å². The molecule has 0 radical (unpaired) electrons. The fourth-order valence-corrected chi connectivity index (χ4v) is 2.24. The Morgan fingerprint density at radius 1 is 1.37 bits per heavy atom. The van der Waals surface area contributed by atoms with Gasteiger partial charge in [-0.2, -0.15) is 0 Å². The molecule has 0 fully saturated rings. The van der Waals surface area contributed by atoms with Gasteiger partial charge in [0.2, 0.25) is 5.91 Å². The maximum atomic E-state index is 12.1. The maximum Gasteiger partial charge on any atom is 0.227 e. The molecule has 0 aromatic heterocycles. The number of carbonyl (C=O) groups excluding carboxylic acids is 1. The Bertz CT molecular complexity index is 432. The lowest BCUT2D eigenvalue weighted by molar-refractivity contribution is -0.119. The topological polar surface area (TPSA) is 55.1 Å². The number of benzene rings is 1. The van der Waals surface area contributed by atoms with Crippen LogP contribution in [0.15, 0.2) is 22.7 Å². The minimum atomic E-state index is 0.0112. The summed E-state index contributed by atoms with van der Waals surface area (Å²) in [6.07, 6.45) is 2.83. The highest BCUT2D eigenvalue weighted by Crippen LogP contribution is 2.24. The van der Waals surface area contributed by atoms with E-state index < -0.39 is 0 Å². The molecule has 0 saturated heterocycles. The third-order valence-electron chi connectivity index (χ3n) is 3.27. The number of halogens is 1. The van der Waals surface area contributed by atoms with E-state index in [-0.39, 0.29) is 17.9 Å². The van der Waals surface area contributed by atoms with Crippen molar-refractivity contribution in [2.24, 2.45) is 11.7 Å². The number of amides is 1. The van der Waals surface area contributed by atoms with Crippen molar-refractivity contribution >= 4 is 27.5 Å². The lowest BCUT2D eigenvalue weighted by Crippen LogP contribution is -2.22. The fourth-order valence-electron chi connectivity index (χ4n) is 1.88. The third kappa shape index (κ3) is 5.33. The lowest BCUT2D eigenvalue weighted by Gasteiger charge is -2.14. The Balaban J connectivity index is 2.52. The zero-order valence-corrected chi connectivity index (χ0v) is 13.5. The standard InChI is InChI=1S/C15H23BrN2O/c1-10(6-4-7-11(2)17)15(19)18-14-9-5-8-13(16)12(14)3/h5,8-11H,4,6-7,17H2,1-3H3,(H,18,19). The van der Waals surface area contributed by atoms with Crippen molar-refractivity contribution in [2.45, 2.75) is 46.1 Å². The van der Waals surface area contributed by atoms with Crippen molar-refractivity contribution in [3.05, 3.63) is 28.2 Å². The van der Waals surface area contributed by atoms with E-state index in [0.717, 1.165) is 35.0 Å². The normalized spacial score (nSPS) is 13.9. The molecule has 0 spiro atoms. The van der Waals surface area contributed by atoms with Crippen molar-refractivity contribution in [2.75, 3.05) is 5.32 Å². The van der Waals surface area contributed by atoms with Gasteiger partial charge in [0.05, 0.1) is 0 Å². The molecule has 4 heteroatoms. The SMILES string of the molecule is Cc1c(Br)cccc1NC(=O)C(C)CCCC(C)N. The number of carbonyl (C=O) groups is 1. The van der Waals surface area contributed by atoms with Crippen LogP contribution in [0.5, 0.6) is 0 Å². The van der Waals surface area contributed by atoms with Crippen LogP contribution in [0.4, 0.5) is 5.69 Å². The summed E-state index contributed by atoms with van der Waals surface area (Å²) in [5, 5.41) is 2.99. The molecule has 0 aliphatic carbocycles. The minimum Gasteiger partial charge on any atom is -0.328 e. The molecule has 1 amide bonds. The van der Waals surface area contributed by atoms with E-state index in [2.05, 4.69) is 21.2 Å². The van der Waals surface area contributed by atoms with E-state index in [0.29, 0.717) is 0 Å². The zero-order valence-electron chi connectivity index (χ0n) is 11.9. The highest BCUT2D eigenvalue weighted by molar-refractivity contribution is 9.10. The van der Waals surface area contributed by atoms with E-state index >= 15 is 0 Å². The molecule has 106 valence electrons. The molecule has 0 aliphatic heterocycles. The van der Waals surface area contributed by atoms with Gasteiger partial charge in [0, 0.05) is 22.1 Å². The third-order valence-corrected chi connectivity index (χ3v) is 4.13. The second-order valence-corrected chi connectivity index (χ2v) is 6.07. The van der Waals surface area contributed by atoms with Crippen LogP contribution in [-0.4, -0.2) is 11.9 Å². The largest absolute Gasteiger partial charge is 0.328 e. The summed E-state index contributed by atoms with van der Waals surface area (Å²) in [5.74, 6) is 0.0861. The first-order valence-corrected chi connectivity index (χ1v) is 7.52. The predicted molar refractivity (Wildman–Crippen MR) is 84.2 cm³/mol. The lowest BCUT2D eigenvalue weighted by atomic mass is 10.0. The first-order chi connectivity index (χ1) is 8.91. The average Bonchev–Trinajstić information content (AvgIpc) is 2.34. The molecular formula is C15H23BrN2O. The van der Waals surface area contributed by atoms with Crippen LogP contribution in [0, 0.1) is 12.8 Å². The molecule has 2 atom stereocenters. The van der Waals surface area contributed by atoms with Gasteiger partial charge < -0.3 is 11.1 Å². The van der Waals surface area contributed by atoms with Crippen LogP contribution < -0.4 is 11.1 Å². The molecule has 0 aliphatic rings. The van der Waals surface area contributed by atoms with Crippen molar-refractivity contribution in [3.8, 4) is 0 Å². The number of hydrogen-bond acceptors (Lipinski definition) is 2. The van der Waals surface area contributed by atoms with Gasteiger partial charge >= 0.3 is 0 Å². The Labute approximate surface area is 124 Å². The van der Waals surface area contributed by atoms with Gasteiger partial charge in [0.1, 0.15) is 0 Å². The average molecular weight is 327 g/mol. The Kier molecular flexibility index (Phi) is 6.52. The van der Waals surface area contributed by atoms with E-state index in [1.54, 1.807) is 0 Å². The van der Waals surface area contributed by atoms with Gasteiger partial charge in [-0.05, 0) is 44.4 Å². The number of rotatable bonds is 6. The van der Waals surface area contributed by atoms with Crippen LogP contribution >= 0.6 is 15.9 Å².